The normalized spacial score (nSPS) is 11.5. The summed E-state index contributed by atoms with van der Waals surface area (Å²) in [5.74, 6) is 3.06. The fourth-order valence-corrected chi connectivity index (χ4v) is 3.91. The number of terminal acetylenes is 1. The maximum absolute atomic E-state index is 12.5. The summed E-state index contributed by atoms with van der Waals surface area (Å²) >= 11 is 4.79. The van der Waals surface area contributed by atoms with Gasteiger partial charge in [0.15, 0.2) is 4.80 Å². The van der Waals surface area contributed by atoms with Gasteiger partial charge < -0.3 is 9.30 Å². The number of amides is 1. The van der Waals surface area contributed by atoms with Crippen molar-refractivity contribution < 1.29 is 9.53 Å². The number of para-hydroxylation sites is 1. The van der Waals surface area contributed by atoms with Gasteiger partial charge in [-0.05, 0) is 37.3 Å². The smallest absolute Gasteiger partial charge is 0.279 e. The Bertz CT molecular complexity index is 1040. The van der Waals surface area contributed by atoms with E-state index in [1.165, 1.54) is 11.3 Å². The zero-order valence-corrected chi connectivity index (χ0v) is 15.9. The Labute approximate surface area is 157 Å². The van der Waals surface area contributed by atoms with Gasteiger partial charge >= 0.3 is 0 Å². The molecule has 0 fully saturated rings. The SMILES string of the molecule is C#CCn1c(=NC(=O)c2cccc(Br)c2)sc2cccc(OCC)c21. The van der Waals surface area contributed by atoms with Crippen molar-refractivity contribution in [2.24, 2.45) is 4.99 Å². The Morgan fingerprint density at radius 2 is 2.16 bits per heavy atom. The molecule has 2 aromatic carbocycles. The first-order valence-electron chi connectivity index (χ1n) is 7.67. The topological polar surface area (TPSA) is 43.6 Å². The first kappa shape index (κ1) is 17.5. The van der Waals surface area contributed by atoms with E-state index in [2.05, 4.69) is 26.8 Å². The summed E-state index contributed by atoms with van der Waals surface area (Å²) in [6, 6.07) is 12.9. The molecule has 4 nitrogen and oxygen atoms in total. The Kier molecular flexibility index (Phi) is 5.37. The number of carbonyl (C=O) groups excluding carboxylic acids is 1. The van der Waals surface area contributed by atoms with Crippen molar-refractivity contribution >= 4 is 43.4 Å². The maximum atomic E-state index is 12.5. The van der Waals surface area contributed by atoms with Crippen LogP contribution < -0.4 is 9.54 Å². The summed E-state index contributed by atoms with van der Waals surface area (Å²) in [5, 5.41) is 0. The highest BCUT2D eigenvalue weighted by Gasteiger charge is 2.12. The minimum absolute atomic E-state index is 0.309. The predicted molar refractivity (Wildman–Crippen MR) is 104 cm³/mol. The summed E-state index contributed by atoms with van der Waals surface area (Å²) < 4.78 is 9.36. The fraction of sp³-hybridized carbons (Fsp3) is 0.158. The van der Waals surface area contributed by atoms with Crippen LogP contribution in [-0.4, -0.2) is 17.1 Å². The number of halogens is 1. The van der Waals surface area contributed by atoms with Crippen molar-refractivity contribution in [2.75, 3.05) is 6.61 Å². The molecule has 3 aromatic rings. The Morgan fingerprint density at radius 3 is 2.88 bits per heavy atom. The number of carbonyl (C=O) groups is 1. The molecule has 0 spiro atoms. The highest BCUT2D eigenvalue weighted by molar-refractivity contribution is 9.10. The molecular weight excluding hydrogens is 400 g/mol. The predicted octanol–water partition coefficient (Wildman–Crippen LogP) is 4.24. The van der Waals surface area contributed by atoms with Crippen molar-refractivity contribution in [2.45, 2.75) is 13.5 Å². The molecule has 3 rings (SSSR count). The molecule has 1 heterocycles. The van der Waals surface area contributed by atoms with E-state index >= 15 is 0 Å². The summed E-state index contributed by atoms with van der Waals surface area (Å²) in [7, 11) is 0. The molecule has 0 saturated heterocycles. The number of fused-ring (bicyclic) bond motifs is 1. The van der Waals surface area contributed by atoms with Crippen LogP contribution >= 0.6 is 27.3 Å². The van der Waals surface area contributed by atoms with Gasteiger partial charge in [-0.25, -0.2) is 0 Å². The molecule has 1 amide bonds. The highest BCUT2D eigenvalue weighted by atomic mass is 79.9. The largest absolute Gasteiger partial charge is 0.492 e. The van der Waals surface area contributed by atoms with E-state index in [-0.39, 0.29) is 5.91 Å². The number of hydrogen-bond acceptors (Lipinski definition) is 3. The third-order valence-electron chi connectivity index (χ3n) is 3.48. The number of ether oxygens (including phenoxy) is 1. The molecule has 0 bridgehead atoms. The number of rotatable bonds is 4. The monoisotopic (exact) mass is 414 g/mol. The molecular formula is C19H15BrN2O2S. The summed E-state index contributed by atoms with van der Waals surface area (Å²) in [4.78, 5) is 17.4. The molecule has 0 radical (unpaired) electrons. The number of hydrogen-bond donors (Lipinski definition) is 0. The molecule has 0 saturated carbocycles. The lowest BCUT2D eigenvalue weighted by Gasteiger charge is -2.07. The van der Waals surface area contributed by atoms with E-state index in [9.17, 15) is 4.79 Å². The van der Waals surface area contributed by atoms with E-state index in [4.69, 9.17) is 11.2 Å². The van der Waals surface area contributed by atoms with Gasteiger partial charge in [-0.2, -0.15) is 4.99 Å². The second-order valence-corrected chi connectivity index (χ2v) is 7.06. The molecule has 0 N–H and O–H groups in total. The highest BCUT2D eigenvalue weighted by Crippen LogP contribution is 2.27. The van der Waals surface area contributed by atoms with Crippen LogP contribution in [0.25, 0.3) is 10.2 Å². The van der Waals surface area contributed by atoms with Crippen LogP contribution in [0, 0.1) is 12.3 Å². The summed E-state index contributed by atoms with van der Waals surface area (Å²) in [6.07, 6.45) is 5.53. The molecule has 1 aromatic heterocycles. The van der Waals surface area contributed by atoms with Crippen molar-refractivity contribution in [3.05, 3.63) is 57.3 Å². The van der Waals surface area contributed by atoms with Gasteiger partial charge in [0.2, 0.25) is 0 Å². The molecule has 0 aliphatic heterocycles. The Balaban J connectivity index is 2.18. The second-order valence-electron chi connectivity index (χ2n) is 5.14. The van der Waals surface area contributed by atoms with Crippen LogP contribution in [0.5, 0.6) is 5.75 Å². The van der Waals surface area contributed by atoms with Crippen molar-refractivity contribution in [1.29, 1.82) is 0 Å². The lowest BCUT2D eigenvalue weighted by atomic mass is 10.2. The third kappa shape index (κ3) is 3.68. The zero-order chi connectivity index (χ0) is 17.8. The minimum Gasteiger partial charge on any atom is -0.492 e. The lowest BCUT2D eigenvalue weighted by Crippen LogP contribution is -2.17. The van der Waals surface area contributed by atoms with Crippen molar-refractivity contribution in [3.63, 3.8) is 0 Å². The van der Waals surface area contributed by atoms with E-state index in [1.54, 1.807) is 18.2 Å². The quantitative estimate of drug-likeness (QED) is 0.599. The van der Waals surface area contributed by atoms with Gasteiger partial charge in [-0.3, -0.25) is 4.79 Å². The third-order valence-corrected chi connectivity index (χ3v) is 5.02. The van der Waals surface area contributed by atoms with Gasteiger partial charge in [0.1, 0.15) is 11.3 Å². The molecule has 0 atom stereocenters. The van der Waals surface area contributed by atoms with Gasteiger partial charge in [0, 0.05) is 10.0 Å². The average Bonchev–Trinajstić information content (AvgIpc) is 2.94. The lowest BCUT2D eigenvalue weighted by molar-refractivity contribution is 0.0998. The van der Waals surface area contributed by atoms with E-state index in [0.29, 0.717) is 23.5 Å². The summed E-state index contributed by atoms with van der Waals surface area (Å²) in [6.45, 7) is 2.79. The van der Waals surface area contributed by atoms with E-state index in [1.807, 2.05) is 35.8 Å². The van der Waals surface area contributed by atoms with Gasteiger partial charge in [-0.15, -0.1) is 6.42 Å². The van der Waals surface area contributed by atoms with Crippen molar-refractivity contribution in [1.82, 2.24) is 4.57 Å². The zero-order valence-electron chi connectivity index (χ0n) is 13.5. The Hall–Kier alpha value is -2.36. The number of benzene rings is 2. The molecule has 0 unspecified atom stereocenters. The average molecular weight is 415 g/mol. The van der Waals surface area contributed by atoms with Gasteiger partial charge in [-0.1, -0.05) is 45.3 Å². The second kappa shape index (κ2) is 7.68. The van der Waals surface area contributed by atoms with Crippen LogP contribution in [0.15, 0.2) is 51.9 Å². The number of aromatic nitrogens is 1. The molecule has 0 aliphatic carbocycles. The van der Waals surface area contributed by atoms with Crippen LogP contribution in [0.2, 0.25) is 0 Å². The number of thiazole rings is 1. The first-order chi connectivity index (χ1) is 12.1. The minimum atomic E-state index is -0.309. The van der Waals surface area contributed by atoms with Crippen LogP contribution in [0.4, 0.5) is 0 Å². The van der Waals surface area contributed by atoms with Crippen LogP contribution in [-0.2, 0) is 6.54 Å². The molecule has 25 heavy (non-hydrogen) atoms. The summed E-state index contributed by atoms with van der Waals surface area (Å²) in [5.41, 5.74) is 1.39. The van der Waals surface area contributed by atoms with E-state index < -0.39 is 0 Å². The van der Waals surface area contributed by atoms with E-state index in [0.717, 1.165) is 20.4 Å². The number of nitrogens with zero attached hydrogens (tertiary/aromatic N) is 2. The first-order valence-corrected chi connectivity index (χ1v) is 9.28. The van der Waals surface area contributed by atoms with Gasteiger partial charge in [0.05, 0.1) is 17.9 Å². The fourth-order valence-electron chi connectivity index (χ4n) is 2.47. The molecule has 0 aliphatic rings. The Morgan fingerprint density at radius 1 is 1.36 bits per heavy atom. The maximum Gasteiger partial charge on any atom is 0.279 e. The van der Waals surface area contributed by atoms with Crippen LogP contribution in [0.1, 0.15) is 17.3 Å². The van der Waals surface area contributed by atoms with Crippen LogP contribution in [0.3, 0.4) is 0 Å². The van der Waals surface area contributed by atoms with Crippen molar-refractivity contribution in [3.8, 4) is 18.1 Å². The van der Waals surface area contributed by atoms with Gasteiger partial charge in [0.25, 0.3) is 5.91 Å². The molecule has 6 heteroatoms. The standard InChI is InChI=1S/C19H15BrN2O2S/c1-3-11-22-17-15(24-4-2)9-6-10-16(17)25-19(22)21-18(23)13-7-5-8-14(20)12-13/h1,5-10,12H,4,11H2,2H3. The molecule has 126 valence electrons.